The van der Waals surface area contributed by atoms with Gasteiger partial charge < -0.3 is 9.99 Å². The highest BCUT2D eigenvalue weighted by Crippen LogP contribution is 2.28. The monoisotopic (exact) mass is 272 g/mol. The first-order valence-corrected chi connectivity index (χ1v) is 7.09. The van der Waals surface area contributed by atoms with Crippen LogP contribution in [-0.2, 0) is 12.8 Å². The number of nitrogen functional groups attached to an aromatic ring is 1. The summed E-state index contributed by atoms with van der Waals surface area (Å²) in [7, 11) is 0. The van der Waals surface area contributed by atoms with Gasteiger partial charge in [-0.15, -0.1) is 0 Å². The van der Waals surface area contributed by atoms with Crippen molar-refractivity contribution in [2.24, 2.45) is 5.84 Å². The minimum Gasteiger partial charge on any atom is -0.325 e. The molecule has 6 nitrogen and oxygen atoms in total. The lowest BCUT2D eigenvalue weighted by Gasteiger charge is -2.19. The first-order valence-electron chi connectivity index (χ1n) is 7.09. The Balaban J connectivity index is 2.12. The fraction of sp³-hybridized carbons (Fsp3) is 0.500. The Morgan fingerprint density at radius 1 is 1.25 bits per heavy atom. The van der Waals surface area contributed by atoms with E-state index in [2.05, 4.69) is 33.8 Å². The number of nitrogens with zero attached hydrogens (tertiary/aromatic N) is 4. The molecule has 0 aliphatic heterocycles. The Labute approximate surface area is 118 Å². The molecular weight excluding hydrogens is 252 g/mol. The number of aromatic nitrogens is 4. The molecule has 6 heteroatoms. The first kappa shape index (κ1) is 13.1. The largest absolute Gasteiger partial charge is 0.325 e. The number of anilines is 1. The summed E-state index contributed by atoms with van der Waals surface area (Å²) in [6.07, 6.45) is 7.97. The van der Waals surface area contributed by atoms with Crippen molar-refractivity contribution in [1.82, 2.24) is 19.5 Å². The molecule has 0 fully saturated rings. The minimum absolute atomic E-state index is 0.321. The van der Waals surface area contributed by atoms with Gasteiger partial charge in [-0.25, -0.2) is 20.8 Å². The zero-order chi connectivity index (χ0) is 14.1. The lowest BCUT2D eigenvalue weighted by atomic mass is 9.96. The molecule has 0 unspecified atom stereocenters. The van der Waals surface area contributed by atoms with E-state index in [-0.39, 0.29) is 0 Å². The number of hydrazine groups is 1. The van der Waals surface area contributed by atoms with E-state index in [9.17, 15) is 0 Å². The van der Waals surface area contributed by atoms with Crippen LogP contribution in [0.25, 0.3) is 11.5 Å². The molecule has 3 N–H and O–H groups in total. The molecule has 106 valence electrons. The average Bonchev–Trinajstić information content (AvgIpc) is 2.95. The number of hydrogen-bond donors (Lipinski definition) is 2. The lowest BCUT2D eigenvalue weighted by molar-refractivity contribution is 0.602. The van der Waals surface area contributed by atoms with Crippen LogP contribution in [0.15, 0.2) is 12.5 Å². The molecule has 2 aromatic heterocycles. The van der Waals surface area contributed by atoms with Crippen LogP contribution >= 0.6 is 0 Å². The number of nitrogens with two attached hydrogens (primary N) is 1. The van der Waals surface area contributed by atoms with Crippen molar-refractivity contribution in [2.45, 2.75) is 45.6 Å². The molecule has 3 rings (SSSR count). The van der Waals surface area contributed by atoms with Crippen LogP contribution in [0.3, 0.4) is 0 Å². The van der Waals surface area contributed by atoms with E-state index in [1.54, 1.807) is 0 Å². The summed E-state index contributed by atoms with van der Waals surface area (Å²) in [5.74, 6) is 7.08. The van der Waals surface area contributed by atoms with E-state index in [0.29, 0.717) is 11.9 Å². The maximum Gasteiger partial charge on any atom is 0.180 e. The maximum absolute atomic E-state index is 5.63. The maximum atomic E-state index is 5.63. The summed E-state index contributed by atoms with van der Waals surface area (Å²) in [6.45, 7) is 4.23. The number of nitrogens with one attached hydrogen (secondary N) is 1. The molecule has 0 saturated carbocycles. The van der Waals surface area contributed by atoms with Gasteiger partial charge in [-0.2, -0.15) is 0 Å². The number of hydrogen-bond acceptors (Lipinski definition) is 5. The van der Waals surface area contributed by atoms with Gasteiger partial charge in [0.15, 0.2) is 5.82 Å². The third-order valence-electron chi connectivity index (χ3n) is 3.77. The molecule has 1 aliphatic rings. The van der Waals surface area contributed by atoms with Crippen molar-refractivity contribution in [3.63, 3.8) is 0 Å². The SMILES string of the molecule is CC(C)n1cncc1-c1nc2c(c(NN)n1)CCCC2. The molecule has 0 spiro atoms. The summed E-state index contributed by atoms with van der Waals surface area (Å²) in [5, 5.41) is 0. The average molecular weight is 272 g/mol. The van der Waals surface area contributed by atoms with Gasteiger partial charge in [-0.05, 0) is 39.5 Å². The van der Waals surface area contributed by atoms with Gasteiger partial charge in [0.1, 0.15) is 11.5 Å². The second kappa shape index (κ2) is 5.20. The van der Waals surface area contributed by atoms with E-state index in [0.717, 1.165) is 35.6 Å². The van der Waals surface area contributed by atoms with Gasteiger partial charge in [0.2, 0.25) is 0 Å². The Morgan fingerprint density at radius 3 is 2.80 bits per heavy atom. The van der Waals surface area contributed by atoms with E-state index in [1.165, 1.54) is 12.8 Å². The molecule has 0 aromatic carbocycles. The number of rotatable bonds is 3. The molecule has 2 heterocycles. The predicted octanol–water partition coefficient (Wildman–Crippen LogP) is 2.09. The van der Waals surface area contributed by atoms with Crippen molar-refractivity contribution in [3.05, 3.63) is 23.8 Å². The van der Waals surface area contributed by atoms with Crippen molar-refractivity contribution < 1.29 is 0 Å². The zero-order valence-corrected chi connectivity index (χ0v) is 11.9. The van der Waals surface area contributed by atoms with E-state index in [1.807, 2.05) is 12.5 Å². The molecule has 0 amide bonds. The summed E-state index contributed by atoms with van der Waals surface area (Å²) in [6, 6.07) is 0.321. The Hall–Kier alpha value is -1.95. The molecule has 0 bridgehead atoms. The summed E-state index contributed by atoms with van der Waals surface area (Å²) in [4.78, 5) is 13.5. The van der Waals surface area contributed by atoms with Crippen LogP contribution in [0.2, 0.25) is 0 Å². The highest BCUT2D eigenvalue weighted by atomic mass is 15.3. The number of fused-ring (bicyclic) bond motifs is 1. The Morgan fingerprint density at radius 2 is 2.05 bits per heavy atom. The second-order valence-electron chi connectivity index (χ2n) is 5.45. The van der Waals surface area contributed by atoms with Gasteiger partial charge in [0.25, 0.3) is 0 Å². The van der Waals surface area contributed by atoms with Crippen LogP contribution in [0, 0.1) is 0 Å². The van der Waals surface area contributed by atoms with Crippen molar-refractivity contribution in [3.8, 4) is 11.5 Å². The van der Waals surface area contributed by atoms with Gasteiger partial charge in [-0.3, -0.25) is 0 Å². The fourth-order valence-electron chi connectivity index (χ4n) is 2.72. The van der Waals surface area contributed by atoms with Crippen LogP contribution in [0.4, 0.5) is 5.82 Å². The molecular formula is C14H20N6. The lowest BCUT2D eigenvalue weighted by Crippen LogP contribution is -2.17. The Kier molecular flexibility index (Phi) is 3.40. The third-order valence-corrected chi connectivity index (χ3v) is 3.77. The molecule has 0 saturated heterocycles. The van der Waals surface area contributed by atoms with Gasteiger partial charge >= 0.3 is 0 Å². The van der Waals surface area contributed by atoms with Crippen molar-refractivity contribution in [1.29, 1.82) is 0 Å². The molecule has 0 atom stereocenters. The van der Waals surface area contributed by atoms with Crippen LogP contribution < -0.4 is 11.3 Å². The summed E-state index contributed by atoms with van der Waals surface area (Å²) < 4.78 is 2.07. The molecule has 20 heavy (non-hydrogen) atoms. The third kappa shape index (κ3) is 2.16. The highest BCUT2D eigenvalue weighted by molar-refractivity contribution is 5.57. The van der Waals surface area contributed by atoms with Gasteiger partial charge in [0.05, 0.1) is 12.5 Å². The van der Waals surface area contributed by atoms with E-state index < -0.39 is 0 Å². The summed E-state index contributed by atoms with van der Waals surface area (Å²) in [5.41, 5.74) is 5.94. The molecule has 2 aromatic rings. The molecule has 0 radical (unpaired) electrons. The van der Waals surface area contributed by atoms with Gasteiger partial charge in [-0.1, -0.05) is 0 Å². The fourth-order valence-corrected chi connectivity index (χ4v) is 2.72. The van der Waals surface area contributed by atoms with E-state index in [4.69, 9.17) is 10.8 Å². The van der Waals surface area contributed by atoms with E-state index >= 15 is 0 Å². The molecule has 1 aliphatic carbocycles. The van der Waals surface area contributed by atoms with Crippen LogP contribution in [0.5, 0.6) is 0 Å². The van der Waals surface area contributed by atoms with Crippen LogP contribution in [-0.4, -0.2) is 19.5 Å². The first-order chi connectivity index (χ1) is 9.70. The summed E-state index contributed by atoms with van der Waals surface area (Å²) >= 11 is 0. The predicted molar refractivity (Wildman–Crippen MR) is 78.1 cm³/mol. The number of imidazole rings is 1. The van der Waals surface area contributed by atoms with Gasteiger partial charge in [0, 0.05) is 17.3 Å². The quantitative estimate of drug-likeness (QED) is 0.660. The topological polar surface area (TPSA) is 81.7 Å². The number of aryl methyl sites for hydroxylation is 1. The van der Waals surface area contributed by atoms with Crippen LogP contribution in [0.1, 0.15) is 44.0 Å². The standard InChI is InChI=1S/C14H20N6/c1-9(2)20-8-16-7-12(20)14-17-11-6-4-3-5-10(11)13(18-14)19-15/h7-9H,3-6,15H2,1-2H3,(H,17,18,19). The minimum atomic E-state index is 0.321. The highest BCUT2D eigenvalue weighted by Gasteiger charge is 2.19. The Bertz CT molecular complexity index is 599. The normalized spacial score (nSPS) is 14.4. The smallest absolute Gasteiger partial charge is 0.180 e. The van der Waals surface area contributed by atoms with Crippen molar-refractivity contribution in [2.75, 3.05) is 5.43 Å². The second-order valence-corrected chi connectivity index (χ2v) is 5.45. The zero-order valence-electron chi connectivity index (χ0n) is 11.9. The van der Waals surface area contributed by atoms with Crippen molar-refractivity contribution >= 4 is 5.82 Å².